The number of aryl methyl sites for hydroxylation is 1. The van der Waals surface area contributed by atoms with Crippen molar-refractivity contribution in [1.29, 1.82) is 0 Å². The first kappa shape index (κ1) is 15.4. The minimum Gasteiger partial charge on any atom is -0.398 e. The number of rotatable bonds is 4. The van der Waals surface area contributed by atoms with E-state index in [1.165, 1.54) is 7.05 Å². The van der Waals surface area contributed by atoms with E-state index in [1.54, 1.807) is 31.5 Å². The summed E-state index contributed by atoms with van der Waals surface area (Å²) in [5.74, 6) is -0.803. The number of aromatic nitrogens is 1. The number of hydrogen-bond acceptors (Lipinski definition) is 4. The highest BCUT2D eigenvalue weighted by atomic mass is 32.2. The molecule has 0 bridgehead atoms. The molecule has 2 aromatic rings. The summed E-state index contributed by atoms with van der Waals surface area (Å²) in [6.07, 6.45) is 3.14. The van der Waals surface area contributed by atoms with Crippen molar-refractivity contribution < 1.29 is 12.8 Å². The second kappa shape index (κ2) is 5.79. The Morgan fingerprint density at radius 2 is 1.90 bits per heavy atom. The van der Waals surface area contributed by atoms with Gasteiger partial charge in [0.25, 0.3) is 0 Å². The Bertz CT molecular complexity index is 748. The van der Waals surface area contributed by atoms with E-state index in [4.69, 9.17) is 5.73 Å². The molecule has 0 saturated heterocycles. The number of benzene rings is 1. The van der Waals surface area contributed by atoms with Crippen molar-refractivity contribution in [2.24, 2.45) is 0 Å². The standard InChI is InChI=1S/C14H16FN3O2S/c1-10-7-12(15)14(8-13(10)16)21(19,20)18(2)9-11-3-5-17-6-4-11/h3-8H,9,16H2,1-2H3. The van der Waals surface area contributed by atoms with Crippen LogP contribution in [0.2, 0.25) is 0 Å². The van der Waals surface area contributed by atoms with E-state index >= 15 is 0 Å². The smallest absolute Gasteiger partial charge is 0.246 e. The molecule has 21 heavy (non-hydrogen) atoms. The van der Waals surface area contributed by atoms with Crippen LogP contribution in [0, 0.1) is 12.7 Å². The van der Waals surface area contributed by atoms with Crippen LogP contribution in [-0.4, -0.2) is 24.8 Å². The predicted molar refractivity (Wildman–Crippen MR) is 78.4 cm³/mol. The van der Waals surface area contributed by atoms with Gasteiger partial charge in [0.05, 0.1) is 0 Å². The van der Waals surface area contributed by atoms with E-state index in [2.05, 4.69) is 4.98 Å². The van der Waals surface area contributed by atoms with Crippen LogP contribution < -0.4 is 5.73 Å². The Hall–Kier alpha value is -1.99. The van der Waals surface area contributed by atoms with Crippen LogP contribution in [0.3, 0.4) is 0 Å². The van der Waals surface area contributed by atoms with Crippen molar-refractivity contribution in [3.8, 4) is 0 Å². The third kappa shape index (κ3) is 3.20. The second-order valence-electron chi connectivity index (χ2n) is 4.76. The Morgan fingerprint density at radius 3 is 2.52 bits per heavy atom. The fourth-order valence-corrected chi connectivity index (χ4v) is 3.10. The van der Waals surface area contributed by atoms with Gasteiger partial charge in [-0.05, 0) is 42.3 Å². The molecule has 0 fully saturated rings. The van der Waals surface area contributed by atoms with Crippen molar-refractivity contribution in [3.63, 3.8) is 0 Å². The molecule has 0 aliphatic carbocycles. The number of hydrogen-bond donors (Lipinski definition) is 1. The topological polar surface area (TPSA) is 76.3 Å². The molecule has 1 aromatic heterocycles. The number of nitrogens with two attached hydrogens (primary N) is 1. The lowest BCUT2D eigenvalue weighted by atomic mass is 10.2. The van der Waals surface area contributed by atoms with Crippen molar-refractivity contribution >= 4 is 15.7 Å². The number of nitrogens with zero attached hydrogens (tertiary/aromatic N) is 2. The predicted octanol–water partition coefficient (Wildman–Crippen LogP) is 1.93. The lowest BCUT2D eigenvalue weighted by molar-refractivity contribution is 0.459. The summed E-state index contributed by atoms with van der Waals surface area (Å²) in [6, 6.07) is 5.68. The van der Waals surface area contributed by atoms with Gasteiger partial charge in [-0.3, -0.25) is 4.98 Å². The monoisotopic (exact) mass is 309 g/mol. The average Bonchev–Trinajstić information content (AvgIpc) is 2.43. The highest BCUT2D eigenvalue weighted by Gasteiger charge is 2.25. The van der Waals surface area contributed by atoms with E-state index < -0.39 is 20.7 Å². The molecule has 0 aliphatic rings. The van der Waals surface area contributed by atoms with Crippen LogP contribution in [0.5, 0.6) is 0 Å². The van der Waals surface area contributed by atoms with Gasteiger partial charge in [0.2, 0.25) is 10.0 Å². The largest absolute Gasteiger partial charge is 0.398 e. The van der Waals surface area contributed by atoms with E-state index in [0.29, 0.717) is 5.56 Å². The van der Waals surface area contributed by atoms with Crippen LogP contribution in [-0.2, 0) is 16.6 Å². The zero-order valence-electron chi connectivity index (χ0n) is 11.7. The summed E-state index contributed by atoms with van der Waals surface area (Å²) in [7, 11) is -2.56. The first-order chi connectivity index (χ1) is 9.82. The maximum atomic E-state index is 14.0. The normalized spacial score (nSPS) is 11.8. The third-order valence-electron chi connectivity index (χ3n) is 3.16. The molecule has 112 valence electrons. The van der Waals surface area contributed by atoms with Gasteiger partial charge in [-0.15, -0.1) is 0 Å². The molecule has 0 aliphatic heterocycles. The quantitative estimate of drug-likeness (QED) is 0.876. The molecule has 2 rings (SSSR count). The SMILES string of the molecule is Cc1cc(F)c(S(=O)(=O)N(C)Cc2ccncc2)cc1N. The maximum absolute atomic E-state index is 14.0. The Balaban J connectivity index is 2.36. The molecule has 0 amide bonds. The molecule has 1 heterocycles. The fourth-order valence-electron chi connectivity index (χ4n) is 1.86. The van der Waals surface area contributed by atoms with Crippen LogP contribution in [0.4, 0.5) is 10.1 Å². The summed E-state index contributed by atoms with van der Waals surface area (Å²) >= 11 is 0. The lowest BCUT2D eigenvalue weighted by Gasteiger charge is -2.18. The molecule has 0 spiro atoms. The zero-order chi connectivity index (χ0) is 15.6. The highest BCUT2D eigenvalue weighted by molar-refractivity contribution is 7.89. The summed E-state index contributed by atoms with van der Waals surface area (Å²) in [4.78, 5) is 3.45. The van der Waals surface area contributed by atoms with Gasteiger partial charge in [0.15, 0.2) is 0 Å². The van der Waals surface area contributed by atoms with Gasteiger partial charge < -0.3 is 5.73 Å². The average molecular weight is 309 g/mol. The molecule has 0 atom stereocenters. The number of sulfonamides is 1. The molecule has 2 N–H and O–H groups in total. The minimum absolute atomic E-state index is 0.123. The Kier molecular flexibility index (Phi) is 4.24. The maximum Gasteiger partial charge on any atom is 0.246 e. The second-order valence-corrected chi connectivity index (χ2v) is 6.77. The first-order valence-corrected chi connectivity index (χ1v) is 7.67. The summed E-state index contributed by atoms with van der Waals surface area (Å²) in [5.41, 5.74) is 7.19. The van der Waals surface area contributed by atoms with E-state index in [0.717, 1.165) is 22.0 Å². The summed E-state index contributed by atoms with van der Waals surface area (Å²) < 4.78 is 39.9. The number of anilines is 1. The number of nitrogen functional groups attached to an aromatic ring is 1. The summed E-state index contributed by atoms with van der Waals surface area (Å²) in [5, 5.41) is 0. The van der Waals surface area contributed by atoms with Gasteiger partial charge in [0.1, 0.15) is 10.7 Å². The van der Waals surface area contributed by atoms with Gasteiger partial charge in [-0.1, -0.05) is 0 Å². The molecular formula is C14H16FN3O2S. The van der Waals surface area contributed by atoms with Gasteiger partial charge >= 0.3 is 0 Å². The van der Waals surface area contributed by atoms with E-state index in [9.17, 15) is 12.8 Å². The van der Waals surface area contributed by atoms with Crippen LogP contribution >= 0.6 is 0 Å². The van der Waals surface area contributed by atoms with Crippen molar-refractivity contribution in [2.75, 3.05) is 12.8 Å². The van der Waals surface area contributed by atoms with Gasteiger partial charge in [-0.2, -0.15) is 4.31 Å². The first-order valence-electron chi connectivity index (χ1n) is 6.23. The van der Waals surface area contributed by atoms with Crippen molar-refractivity contribution in [2.45, 2.75) is 18.4 Å². The molecule has 0 saturated carbocycles. The van der Waals surface area contributed by atoms with Crippen LogP contribution in [0.25, 0.3) is 0 Å². The Labute approximate surface area is 123 Å². The molecule has 7 heteroatoms. The zero-order valence-corrected chi connectivity index (χ0v) is 12.6. The highest BCUT2D eigenvalue weighted by Crippen LogP contribution is 2.24. The molecular weight excluding hydrogens is 293 g/mol. The van der Waals surface area contributed by atoms with E-state index in [-0.39, 0.29) is 12.2 Å². The fraction of sp³-hybridized carbons (Fsp3) is 0.214. The molecule has 1 aromatic carbocycles. The van der Waals surface area contributed by atoms with Crippen LogP contribution in [0.1, 0.15) is 11.1 Å². The third-order valence-corrected chi connectivity index (χ3v) is 4.98. The van der Waals surface area contributed by atoms with Gasteiger partial charge in [-0.25, -0.2) is 12.8 Å². The van der Waals surface area contributed by atoms with Gasteiger partial charge in [0, 0.05) is 31.7 Å². The van der Waals surface area contributed by atoms with Crippen molar-refractivity contribution in [3.05, 3.63) is 53.6 Å². The van der Waals surface area contributed by atoms with Crippen LogP contribution in [0.15, 0.2) is 41.6 Å². The lowest BCUT2D eigenvalue weighted by Crippen LogP contribution is -2.27. The number of pyridine rings is 1. The molecule has 0 unspecified atom stereocenters. The molecule has 5 nitrogen and oxygen atoms in total. The molecule has 0 radical (unpaired) electrons. The number of halogens is 1. The minimum atomic E-state index is -3.95. The van der Waals surface area contributed by atoms with E-state index in [1.807, 2.05) is 0 Å². The Morgan fingerprint density at radius 1 is 1.29 bits per heavy atom. The van der Waals surface area contributed by atoms with Crippen molar-refractivity contribution in [1.82, 2.24) is 9.29 Å². The summed E-state index contributed by atoms with van der Waals surface area (Å²) in [6.45, 7) is 1.74.